The van der Waals surface area contributed by atoms with E-state index in [9.17, 15) is 67.1 Å². The van der Waals surface area contributed by atoms with E-state index < -0.39 is 198 Å². The second kappa shape index (κ2) is 39.8. The van der Waals surface area contributed by atoms with Gasteiger partial charge < -0.3 is 70.7 Å². The first-order valence-electron chi connectivity index (χ1n) is 31.7. The fourth-order valence-electron chi connectivity index (χ4n) is 8.95. The van der Waals surface area contributed by atoms with Gasteiger partial charge in [0.15, 0.2) is 36.6 Å². The molecule has 1 aliphatic heterocycles. The van der Waals surface area contributed by atoms with Gasteiger partial charge in [-0.15, -0.1) is 0 Å². The van der Waals surface area contributed by atoms with E-state index in [1.165, 1.54) is 34.6 Å². The van der Waals surface area contributed by atoms with Crippen molar-refractivity contribution in [2.45, 2.75) is 262 Å². The van der Waals surface area contributed by atoms with E-state index in [1.807, 2.05) is 0 Å². The molecule has 1 aliphatic rings. The summed E-state index contributed by atoms with van der Waals surface area (Å²) in [5, 5.41) is 26.6. The molecule has 1 rings (SSSR count). The van der Waals surface area contributed by atoms with Crippen LogP contribution in [0.25, 0.3) is 0 Å². The van der Waals surface area contributed by atoms with Gasteiger partial charge in [-0.2, -0.15) is 0 Å². The molecule has 0 aromatic heterocycles. The average Bonchev–Trinajstić information content (AvgIpc) is 1.49. The molecule has 1 fully saturated rings. The Morgan fingerprint density at radius 3 is 1.00 bits per heavy atom. The zero-order valence-electron chi connectivity index (χ0n) is 56.7. The highest BCUT2D eigenvalue weighted by Gasteiger charge is 2.41. The summed E-state index contributed by atoms with van der Waals surface area (Å²) in [6, 6.07) is -9.03. The Morgan fingerprint density at radius 1 is 0.385 bits per heavy atom. The fraction of sp³-hybridized carbons (Fsp3) is 0.778. The topological polar surface area (TPSA) is 399 Å². The summed E-state index contributed by atoms with van der Waals surface area (Å²) in [5.41, 5.74) is 0. The maximum absolute atomic E-state index is 14.3. The Morgan fingerprint density at radius 2 is 0.703 bits per heavy atom. The number of nitrogens with one attached hydrogen (secondary N) is 7. The van der Waals surface area contributed by atoms with Crippen molar-refractivity contribution >= 4 is 83.1 Å². The number of ether oxygens (including phenoxy) is 6. The summed E-state index contributed by atoms with van der Waals surface area (Å²) < 4.78 is 34.2. The van der Waals surface area contributed by atoms with E-state index in [4.69, 9.17) is 33.5 Å². The molecular weight excluding hydrogens is 1190 g/mol. The minimum Gasteiger partial charge on any atom is -0.481 e. The standard InChI is InChI=1S/C63H105N7O21/c1-30(2)27-42-52(74)65-39(18)59(81)90-50(36(13)14)56(78)69-48(34(9)10)63(85)88-44(29-32(5)6)54(76)67-40(19)60(82)91-51(37(15)16)57(79)70-47(33(7)8)62(84)87-43(28-31(3)4)53(75)66-38(17)58(80)89-49(35(11)12)55(77)68-41(61(83)86-42)24-25-45(71)64-26-22-20-21-23-46(72)73/h30-44,47-51H,20-29H2,1-19H3,(H,64,71)(H,65,74)(H,66,75)(H,67,76)(H,68,77)(H,69,78)(H,70,79)(H,72,73)/t38-,39-,40-,41+,42-,43-,44-,47+,48+,49+,50+,51+/m1/s1. The maximum Gasteiger partial charge on any atom is 0.329 e. The molecule has 0 aromatic rings. The minimum atomic E-state index is -1.69. The van der Waals surface area contributed by atoms with E-state index in [0.717, 1.165) is 0 Å². The lowest BCUT2D eigenvalue weighted by Crippen LogP contribution is -2.55. The Balaban J connectivity index is 4.02. The van der Waals surface area contributed by atoms with Crippen LogP contribution in [0.15, 0.2) is 0 Å². The van der Waals surface area contributed by atoms with Crippen LogP contribution in [0.5, 0.6) is 0 Å². The fourth-order valence-corrected chi connectivity index (χ4v) is 8.95. The summed E-state index contributed by atoms with van der Waals surface area (Å²) in [4.78, 5) is 192. The monoisotopic (exact) mass is 1300 g/mol. The molecule has 0 radical (unpaired) electrons. The zero-order valence-corrected chi connectivity index (χ0v) is 56.7. The van der Waals surface area contributed by atoms with Gasteiger partial charge in [-0.05, 0) is 107 Å². The van der Waals surface area contributed by atoms with Gasteiger partial charge in [-0.1, -0.05) is 117 Å². The molecule has 518 valence electrons. The lowest BCUT2D eigenvalue weighted by Gasteiger charge is -2.29. The highest BCUT2D eigenvalue weighted by molar-refractivity contribution is 5.96. The molecule has 0 aromatic carbocycles. The number of amides is 7. The molecule has 0 spiro atoms. The maximum atomic E-state index is 14.3. The molecule has 8 N–H and O–H groups in total. The van der Waals surface area contributed by atoms with Crippen molar-refractivity contribution in [1.82, 2.24) is 37.2 Å². The van der Waals surface area contributed by atoms with E-state index >= 15 is 0 Å². The van der Waals surface area contributed by atoms with Crippen LogP contribution in [0.2, 0.25) is 0 Å². The highest BCUT2D eigenvalue weighted by Crippen LogP contribution is 2.20. The summed E-state index contributed by atoms with van der Waals surface area (Å²) >= 11 is 0. The Hall–Kier alpha value is -7.42. The SMILES string of the molecule is CC(C)C[C@H]1OC(=O)[C@H](CCC(=O)NCCCCCC(=O)O)NC(=O)[C@H](C(C)C)OC(=O)[C@@H](C)NC(=O)[C@@H](CC(C)C)OC(=O)[C@H](C(C)C)NC(=O)[C@H](C(C)C)OC(=O)[C@@H](C)NC(=O)[C@@H](CC(C)C)OC(=O)[C@H](C(C)C)NC(=O)[C@H](C(C)C)OC(=O)[C@@H](C)NC1=O. The molecule has 91 heavy (non-hydrogen) atoms. The smallest absolute Gasteiger partial charge is 0.329 e. The number of hydrogen-bond acceptors (Lipinski definition) is 20. The Bertz CT molecular complexity index is 2490. The molecule has 0 bridgehead atoms. The van der Waals surface area contributed by atoms with Crippen LogP contribution in [0.1, 0.15) is 189 Å². The number of carboxylic acids is 1. The zero-order chi connectivity index (χ0) is 69.9. The number of esters is 6. The second-order valence-electron chi connectivity index (χ2n) is 26.3. The van der Waals surface area contributed by atoms with E-state index in [0.29, 0.717) is 19.3 Å². The van der Waals surface area contributed by atoms with Crippen molar-refractivity contribution in [3.8, 4) is 0 Å². The molecule has 7 amide bonds. The largest absolute Gasteiger partial charge is 0.481 e. The minimum absolute atomic E-state index is 0.0581. The van der Waals surface area contributed by atoms with Gasteiger partial charge in [0.1, 0.15) is 36.3 Å². The summed E-state index contributed by atoms with van der Waals surface area (Å²) in [6.07, 6.45) is -9.41. The third kappa shape index (κ3) is 29.6. The van der Waals surface area contributed by atoms with Gasteiger partial charge >= 0.3 is 41.8 Å². The van der Waals surface area contributed by atoms with Crippen LogP contribution in [0.4, 0.5) is 0 Å². The molecule has 0 aliphatic carbocycles. The van der Waals surface area contributed by atoms with Crippen molar-refractivity contribution in [1.29, 1.82) is 0 Å². The van der Waals surface area contributed by atoms with Crippen molar-refractivity contribution < 1.29 is 101 Å². The number of hydrogen-bond donors (Lipinski definition) is 8. The number of carboxylic acid groups (broad SMARTS) is 1. The van der Waals surface area contributed by atoms with Gasteiger partial charge in [0.2, 0.25) is 5.91 Å². The van der Waals surface area contributed by atoms with Crippen LogP contribution in [-0.4, -0.2) is 168 Å². The van der Waals surface area contributed by atoms with Crippen LogP contribution in [-0.2, 0) is 95.5 Å². The van der Waals surface area contributed by atoms with Gasteiger partial charge in [-0.3, -0.25) is 38.4 Å². The van der Waals surface area contributed by atoms with E-state index in [-0.39, 0.29) is 50.0 Å². The van der Waals surface area contributed by atoms with Crippen molar-refractivity contribution in [3.63, 3.8) is 0 Å². The lowest BCUT2D eigenvalue weighted by atomic mass is 10.0. The second-order valence-corrected chi connectivity index (χ2v) is 26.3. The molecule has 0 saturated carbocycles. The van der Waals surface area contributed by atoms with Crippen molar-refractivity contribution in [2.24, 2.45) is 47.3 Å². The lowest BCUT2D eigenvalue weighted by molar-refractivity contribution is -0.167. The molecule has 1 heterocycles. The first-order chi connectivity index (χ1) is 42.2. The van der Waals surface area contributed by atoms with E-state index in [1.54, 1.807) is 96.9 Å². The first kappa shape index (κ1) is 81.6. The first-order valence-corrected chi connectivity index (χ1v) is 31.7. The summed E-state index contributed by atoms with van der Waals surface area (Å²) in [6.45, 7) is 29.8. The van der Waals surface area contributed by atoms with Crippen LogP contribution in [0, 0.1) is 47.3 Å². The van der Waals surface area contributed by atoms with Gasteiger partial charge in [0.25, 0.3) is 35.4 Å². The van der Waals surface area contributed by atoms with Gasteiger partial charge in [0.05, 0.1) is 0 Å². The predicted molar refractivity (Wildman–Crippen MR) is 329 cm³/mol. The summed E-state index contributed by atoms with van der Waals surface area (Å²) in [5.74, 6) is -18.6. The normalized spacial score (nSPS) is 26.2. The van der Waals surface area contributed by atoms with E-state index in [2.05, 4.69) is 37.2 Å². The van der Waals surface area contributed by atoms with Crippen LogP contribution < -0.4 is 37.2 Å². The number of rotatable bonds is 20. The quantitative estimate of drug-likeness (QED) is 0.0492. The number of carbonyl (C=O) groups is 14. The third-order valence-corrected chi connectivity index (χ3v) is 14.3. The number of aliphatic carboxylic acids is 1. The average molecular weight is 1300 g/mol. The van der Waals surface area contributed by atoms with Crippen LogP contribution in [0.3, 0.4) is 0 Å². The van der Waals surface area contributed by atoms with Gasteiger partial charge in [-0.25, -0.2) is 28.8 Å². The molecule has 0 unspecified atom stereocenters. The number of unbranched alkanes of at least 4 members (excludes halogenated alkanes) is 2. The molecule has 28 heteroatoms. The number of cyclic esters (lactones) is 6. The van der Waals surface area contributed by atoms with Crippen LogP contribution >= 0.6 is 0 Å². The Kier molecular flexibility index (Phi) is 35.6. The highest BCUT2D eigenvalue weighted by atomic mass is 16.6. The molecule has 1 saturated heterocycles. The molecular formula is C63H105N7O21. The molecule has 28 nitrogen and oxygen atoms in total. The number of carbonyl (C=O) groups excluding carboxylic acids is 13. The van der Waals surface area contributed by atoms with Gasteiger partial charge in [0, 0.05) is 19.4 Å². The summed E-state index contributed by atoms with van der Waals surface area (Å²) in [7, 11) is 0. The molecule has 12 atom stereocenters. The van der Waals surface area contributed by atoms with Crippen molar-refractivity contribution in [3.05, 3.63) is 0 Å². The van der Waals surface area contributed by atoms with Crippen molar-refractivity contribution in [2.75, 3.05) is 6.54 Å². The third-order valence-electron chi connectivity index (χ3n) is 14.3. The predicted octanol–water partition coefficient (Wildman–Crippen LogP) is 3.40. The Labute approximate surface area is 535 Å².